The monoisotopic (exact) mass is 322 g/mol. The van der Waals surface area contributed by atoms with E-state index in [0.717, 1.165) is 22.3 Å². The van der Waals surface area contributed by atoms with Gasteiger partial charge in [-0.1, -0.05) is 42.0 Å². The lowest BCUT2D eigenvalue weighted by atomic mass is 9.84. The van der Waals surface area contributed by atoms with Crippen LogP contribution in [0.5, 0.6) is 23.0 Å². The van der Waals surface area contributed by atoms with Crippen LogP contribution in [0.3, 0.4) is 0 Å². The summed E-state index contributed by atoms with van der Waals surface area (Å²) >= 11 is 0. The van der Waals surface area contributed by atoms with Gasteiger partial charge in [0.1, 0.15) is 0 Å². The fourth-order valence-electron chi connectivity index (χ4n) is 2.78. The molecule has 0 aliphatic heterocycles. The fourth-order valence-corrected chi connectivity index (χ4v) is 2.78. The Bertz CT molecular complexity index is 818. The fraction of sp³-hybridized carbons (Fsp3) is 0.100. The van der Waals surface area contributed by atoms with Crippen molar-refractivity contribution < 1.29 is 20.4 Å². The zero-order valence-electron chi connectivity index (χ0n) is 13.1. The van der Waals surface area contributed by atoms with Gasteiger partial charge in [0.25, 0.3) is 0 Å². The number of benzene rings is 3. The lowest BCUT2D eigenvalue weighted by Crippen LogP contribution is -2.03. The Morgan fingerprint density at radius 3 is 1.38 bits per heavy atom. The number of aryl methyl sites for hydroxylation is 1. The van der Waals surface area contributed by atoms with Crippen molar-refractivity contribution in [2.75, 3.05) is 0 Å². The zero-order chi connectivity index (χ0) is 17.3. The molecule has 0 fully saturated rings. The van der Waals surface area contributed by atoms with Crippen molar-refractivity contribution in [1.82, 2.24) is 0 Å². The Hall–Kier alpha value is -3.14. The molecule has 0 aliphatic rings. The van der Waals surface area contributed by atoms with Gasteiger partial charge in [-0.25, -0.2) is 0 Å². The number of hydrogen-bond donors (Lipinski definition) is 4. The van der Waals surface area contributed by atoms with E-state index in [1.54, 1.807) is 12.1 Å². The molecule has 3 aromatic rings. The molecule has 0 heterocycles. The molecule has 0 atom stereocenters. The normalized spacial score (nSPS) is 10.9. The van der Waals surface area contributed by atoms with Crippen molar-refractivity contribution in [3.63, 3.8) is 0 Å². The van der Waals surface area contributed by atoms with Gasteiger partial charge >= 0.3 is 0 Å². The van der Waals surface area contributed by atoms with Crippen molar-refractivity contribution in [1.29, 1.82) is 0 Å². The molecule has 3 rings (SSSR count). The lowest BCUT2D eigenvalue weighted by molar-refractivity contribution is 0.402. The van der Waals surface area contributed by atoms with E-state index in [1.165, 1.54) is 24.3 Å². The van der Waals surface area contributed by atoms with Gasteiger partial charge < -0.3 is 20.4 Å². The van der Waals surface area contributed by atoms with E-state index in [-0.39, 0.29) is 28.9 Å². The van der Waals surface area contributed by atoms with E-state index in [2.05, 4.69) is 0 Å². The summed E-state index contributed by atoms with van der Waals surface area (Å²) in [6.45, 7) is 2.00. The lowest BCUT2D eigenvalue weighted by Gasteiger charge is -2.20. The van der Waals surface area contributed by atoms with Crippen LogP contribution < -0.4 is 0 Å². The minimum atomic E-state index is -0.261. The van der Waals surface area contributed by atoms with Crippen LogP contribution in [0.4, 0.5) is 0 Å². The Morgan fingerprint density at radius 2 is 0.958 bits per heavy atom. The maximum atomic E-state index is 9.85. The van der Waals surface area contributed by atoms with Gasteiger partial charge in [0, 0.05) is 5.92 Å². The van der Waals surface area contributed by atoms with E-state index in [1.807, 2.05) is 31.2 Å². The minimum absolute atomic E-state index is 0.185. The first-order chi connectivity index (χ1) is 11.5. The first-order valence-electron chi connectivity index (χ1n) is 7.56. The average Bonchev–Trinajstić information content (AvgIpc) is 2.56. The van der Waals surface area contributed by atoms with E-state index < -0.39 is 0 Å². The molecule has 0 spiro atoms. The average molecular weight is 322 g/mol. The summed E-state index contributed by atoms with van der Waals surface area (Å²) in [5.41, 5.74) is 3.62. The summed E-state index contributed by atoms with van der Waals surface area (Å²) in [6, 6.07) is 17.3. The molecule has 0 aromatic heterocycles. The van der Waals surface area contributed by atoms with Gasteiger partial charge in [-0.2, -0.15) is 0 Å². The summed E-state index contributed by atoms with van der Waals surface area (Å²) in [7, 11) is 0. The van der Waals surface area contributed by atoms with E-state index >= 15 is 0 Å². The van der Waals surface area contributed by atoms with Gasteiger partial charge in [-0.15, -0.1) is 0 Å². The van der Waals surface area contributed by atoms with Gasteiger partial charge in [0.05, 0.1) is 0 Å². The molecule has 3 aromatic carbocycles. The van der Waals surface area contributed by atoms with Crippen LogP contribution in [-0.4, -0.2) is 20.4 Å². The highest BCUT2D eigenvalue weighted by Gasteiger charge is 2.19. The Labute approximate surface area is 139 Å². The molecule has 0 bridgehead atoms. The molecule has 0 saturated carbocycles. The molecule has 0 amide bonds. The quantitative estimate of drug-likeness (QED) is 0.434. The van der Waals surface area contributed by atoms with E-state index in [0.29, 0.717) is 0 Å². The topological polar surface area (TPSA) is 80.9 Å². The highest BCUT2D eigenvalue weighted by Crippen LogP contribution is 2.38. The summed E-state index contributed by atoms with van der Waals surface area (Å²) in [5.74, 6) is -1.03. The van der Waals surface area contributed by atoms with Crippen molar-refractivity contribution in [3.05, 3.63) is 82.9 Å². The van der Waals surface area contributed by atoms with E-state index in [4.69, 9.17) is 0 Å². The van der Waals surface area contributed by atoms with Gasteiger partial charge in [0.15, 0.2) is 23.0 Å². The summed E-state index contributed by atoms with van der Waals surface area (Å²) in [4.78, 5) is 0. The second-order valence-electron chi connectivity index (χ2n) is 5.84. The second-order valence-corrected chi connectivity index (χ2v) is 5.84. The van der Waals surface area contributed by atoms with Crippen LogP contribution in [0.1, 0.15) is 28.2 Å². The van der Waals surface area contributed by atoms with Crippen molar-refractivity contribution in [2.45, 2.75) is 12.8 Å². The molecule has 24 heavy (non-hydrogen) atoms. The van der Waals surface area contributed by atoms with Crippen molar-refractivity contribution >= 4 is 0 Å². The maximum absolute atomic E-state index is 9.85. The first-order valence-corrected chi connectivity index (χ1v) is 7.56. The summed E-state index contributed by atoms with van der Waals surface area (Å²) in [6.07, 6.45) is 0. The molecule has 4 heteroatoms. The minimum Gasteiger partial charge on any atom is -0.504 e. The third kappa shape index (κ3) is 2.99. The second kappa shape index (κ2) is 6.16. The third-order valence-electron chi connectivity index (χ3n) is 4.08. The number of phenols is 4. The first kappa shape index (κ1) is 15.7. The number of hydrogen-bond acceptors (Lipinski definition) is 4. The Balaban J connectivity index is 2.17. The van der Waals surface area contributed by atoms with Gasteiger partial charge in [-0.3, -0.25) is 0 Å². The zero-order valence-corrected chi connectivity index (χ0v) is 13.1. The van der Waals surface area contributed by atoms with Crippen molar-refractivity contribution in [3.8, 4) is 23.0 Å². The highest BCUT2D eigenvalue weighted by atomic mass is 16.3. The van der Waals surface area contributed by atoms with Crippen LogP contribution in [0, 0.1) is 6.92 Å². The predicted molar refractivity (Wildman–Crippen MR) is 91.7 cm³/mol. The van der Waals surface area contributed by atoms with Crippen molar-refractivity contribution in [2.24, 2.45) is 0 Å². The third-order valence-corrected chi connectivity index (χ3v) is 4.08. The SMILES string of the molecule is Cc1ccc(C(c2ccc(O)c(O)c2)c2ccc(O)c(O)c2)cc1. The van der Waals surface area contributed by atoms with Gasteiger partial charge in [-0.05, 0) is 47.9 Å². The predicted octanol–water partition coefficient (Wildman–Crippen LogP) is 4.00. The largest absolute Gasteiger partial charge is 0.504 e. The summed E-state index contributed by atoms with van der Waals surface area (Å²) in [5, 5.41) is 38.8. The number of rotatable bonds is 3. The molecular weight excluding hydrogens is 304 g/mol. The molecule has 0 saturated heterocycles. The highest BCUT2D eigenvalue weighted by molar-refractivity contribution is 5.52. The standard InChI is InChI=1S/C20H18O4/c1-12-2-4-13(5-3-12)20(14-6-8-16(21)18(23)10-14)15-7-9-17(22)19(24)11-15/h2-11,20-24H,1H3. The van der Waals surface area contributed by atoms with Crippen LogP contribution in [0.25, 0.3) is 0 Å². The smallest absolute Gasteiger partial charge is 0.157 e. The Morgan fingerprint density at radius 1 is 0.542 bits per heavy atom. The molecule has 0 unspecified atom stereocenters. The van der Waals surface area contributed by atoms with Crippen LogP contribution in [0.15, 0.2) is 60.7 Å². The molecule has 0 radical (unpaired) electrons. The summed E-state index contributed by atoms with van der Waals surface area (Å²) < 4.78 is 0. The maximum Gasteiger partial charge on any atom is 0.157 e. The number of phenolic OH excluding ortho intramolecular Hbond substituents is 4. The van der Waals surface area contributed by atoms with E-state index in [9.17, 15) is 20.4 Å². The van der Waals surface area contributed by atoms with Crippen LogP contribution in [0.2, 0.25) is 0 Å². The molecule has 4 nitrogen and oxygen atoms in total. The Kier molecular flexibility index (Phi) is 4.04. The molecule has 4 N–H and O–H groups in total. The molecular formula is C20H18O4. The van der Waals surface area contributed by atoms with Gasteiger partial charge in [0.2, 0.25) is 0 Å². The molecule has 122 valence electrons. The molecule has 0 aliphatic carbocycles. The van der Waals surface area contributed by atoms with Crippen LogP contribution >= 0.6 is 0 Å². The van der Waals surface area contributed by atoms with Crippen LogP contribution in [-0.2, 0) is 0 Å². The number of aromatic hydroxyl groups is 4.